The van der Waals surface area contributed by atoms with Gasteiger partial charge in [-0.1, -0.05) is 24.4 Å². The minimum atomic E-state index is 0.245. The van der Waals surface area contributed by atoms with Crippen molar-refractivity contribution in [2.24, 2.45) is 0 Å². The van der Waals surface area contributed by atoms with Crippen LogP contribution in [-0.4, -0.2) is 21.7 Å². The summed E-state index contributed by atoms with van der Waals surface area (Å²) in [5, 5.41) is 18.6. The number of phenolic OH excluding ortho intramolecular Hbond substituents is 2. The van der Waals surface area contributed by atoms with Crippen LogP contribution in [0.15, 0.2) is 48.5 Å². The highest BCUT2D eigenvalue weighted by molar-refractivity contribution is 7.80. The van der Waals surface area contributed by atoms with Crippen molar-refractivity contribution < 1.29 is 10.2 Å². The van der Waals surface area contributed by atoms with Crippen molar-refractivity contribution in [2.75, 3.05) is 11.4 Å². The summed E-state index contributed by atoms with van der Waals surface area (Å²) in [5.74, 6) is 0.500. The average molecular weight is 287 g/mol. The summed E-state index contributed by atoms with van der Waals surface area (Å²) in [6.07, 6.45) is 0.643. The number of phenols is 2. The van der Waals surface area contributed by atoms with Gasteiger partial charge in [-0.05, 0) is 48.9 Å². The molecule has 0 aliphatic carbocycles. The molecule has 0 unspecified atom stereocenters. The molecule has 104 valence electrons. The topological polar surface area (TPSA) is 43.7 Å². The van der Waals surface area contributed by atoms with E-state index >= 15 is 0 Å². The zero-order valence-electron chi connectivity index (χ0n) is 11.3. The van der Waals surface area contributed by atoms with E-state index in [4.69, 9.17) is 12.2 Å². The summed E-state index contributed by atoms with van der Waals surface area (Å²) < 4.78 is 0. The van der Waals surface area contributed by atoms with Crippen LogP contribution in [0.4, 0.5) is 5.69 Å². The molecule has 4 heteroatoms. The third-order valence-corrected chi connectivity index (χ3v) is 3.44. The minimum absolute atomic E-state index is 0.245. The van der Waals surface area contributed by atoms with Crippen LogP contribution in [0.2, 0.25) is 0 Å². The number of benzene rings is 2. The number of hydrogen-bond acceptors (Lipinski definition) is 3. The van der Waals surface area contributed by atoms with E-state index in [-0.39, 0.29) is 11.5 Å². The first-order chi connectivity index (χ1) is 9.60. The molecule has 3 nitrogen and oxygen atoms in total. The Morgan fingerprint density at radius 2 is 1.45 bits per heavy atom. The first-order valence-corrected chi connectivity index (χ1v) is 6.88. The molecule has 2 N–H and O–H groups in total. The van der Waals surface area contributed by atoms with Crippen LogP contribution in [0.3, 0.4) is 0 Å². The van der Waals surface area contributed by atoms with Crippen molar-refractivity contribution in [3.63, 3.8) is 0 Å². The largest absolute Gasteiger partial charge is 0.508 e. The third-order valence-electron chi connectivity index (χ3n) is 3.07. The molecule has 2 rings (SSSR count). The number of anilines is 1. The van der Waals surface area contributed by atoms with Crippen LogP contribution < -0.4 is 4.90 Å². The Kier molecular flexibility index (Phi) is 4.58. The highest BCUT2D eigenvalue weighted by Gasteiger charge is 2.10. The fraction of sp³-hybridized carbons (Fsp3) is 0.188. The number of hydrogen-bond donors (Lipinski definition) is 2. The van der Waals surface area contributed by atoms with Gasteiger partial charge in [0.25, 0.3) is 0 Å². The molecule has 0 aliphatic rings. The number of likely N-dealkylation sites (N-methyl/N-ethyl adjacent to an activating group) is 1. The summed E-state index contributed by atoms with van der Waals surface area (Å²) in [5.41, 5.74) is 2.03. The molecule has 0 bridgehead atoms. The van der Waals surface area contributed by atoms with Gasteiger partial charge in [0.1, 0.15) is 11.5 Å². The van der Waals surface area contributed by atoms with E-state index in [1.54, 1.807) is 24.3 Å². The SMILES string of the molecule is CCN(C(=S)Cc1ccc(O)cc1)c1ccc(O)cc1. The first-order valence-electron chi connectivity index (χ1n) is 6.47. The molecule has 0 aliphatic heterocycles. The van der Waals surface area contributed by atoms with Crippen molar-refractivity contribution >= 4 is 22.9 Å². The fourth-order valence-electron chi connectivity index (χ4n) is 2.02. The summed E-state index contributed by atoms with van der Waals surface area (Å²) in [6, 6.07) is 14.1. The second kappa shape index (κ2) is 6.39. The monoisotopic (exact) mass is 287 g/mol. The maximum absolute atomic E-state index is 9.34. The Labute approximate surface area is 124 Å². The maximum Gasteiger partial charge on any atom is 0.115 e. The Morgan fingerprint density at radius 3 is 1.95 bits per heavy atom. The van der Waals surface area contributed by atoms with Crippen molar-refractivity contribution in [3.05, 3.63) is 54.1 Å². The molecule has 0 saturated carbocycles. The molecule has 0 fully saturated rings. The molecular formula is C16H17NO2S. The van der Waals surface area contributed by atoms with Gasteiger partial charge in [0, 0.05) is 18.7 Å². The number of aromatic hydroxyl groups is 2. The minimum Gasteiger partial charge on any atom is -0.508 e. The average Bonchev–Trinajstić information content (AvgIpc) is 2.44. The molecule has 2 aromatic rings. The van der Waals surface area contributed by atoms with Gasteiger partial charge in [-0.3, -0.25) is 0 Å². The molecule has 0 saturated heterocycles. The maximum atomic E-state index is 9.34. The lowest BCUT2D eigenvalue weighted by molar-refractivity contribution is 0.474. The van der Waals surface area contributed by atoms with E-state index in [1.807, 2.05) is 36.1 Å². The second-order valence-corrected chi connectivity index (χ2v) is 4.97. The lowest BCUT2D eigenvalue weighted by Gasteiger charge is -2.24. The molecule has 0 atom stereocenters. The molecule has 20 heavy (non-hydrogen) atoms. The van der Waals surface area contributed by atoms with Gasteiger partial charge < -0.3 is 15.1 Å². The highest BCUT2D eigenvalue weighted by Crippen LogP contribution is 2.20. The molecule has 2 aromatic carbocycles. The quantitative estimate of drug-likeness (QED) is 0.845. The summed E-state index contributed by atoms with van der Waals surface area (Å²) in [4.78, 5) is 2.84. The Morgan fingerprint density at radius 1 is 0.950 bits per heavy atom. The van der Waals surface area contributed by atoms with Crippen molar-refractivity contribution in [1.29, 1.82) is 0 Å². The van der Waals surface area contributed by atoms with Crippen LogP contribution in [0.25, 0.3) is 0 Å². The molecule has 0 amide bonds. The lowest BCUT2D eigenvalue weighted by atomic mass is 10.1. The predicted molar refractivity (Wildman–Crippen MR) is 85.5 cm³/mol. The van der Waals surface area contributed by atoms with Gasteiger partial charge in [0.2, 0.25) is 0 Å². The van der Waals surface area contributed by atoms with Crippen molar-refractivity contribution in [1.82, 2.24) is 0 Å². The van der Waals surface area contributed by atoms with Crippen molar-refractivity contribution in [2.45, 2.75) is 13.3 Å². The standard InChI is InChI=1S/C16H17NO2S/c1-2-17(13-5-9-15(19)10-6-13)16(20)11-12-3-7-14(18)8-4-12/h3-10,18-19H,2,11H2,1H3. The summed E-state index contributed by atoms with van der Waals surface area (Å²) in [6.45, 7) is 2.80. The van der Waals surface area contributed by atoms with Crippen LogP contribution >= 0.6 is 12.2 Å². The van der Waals surface area contributed by atoms with Gasteiger partial charge >= 0.3 is 0 Å². The molecule has 0 spiro atoms. The zero-order valence-corrected chi connectivity index (χ0v) is 12.1. The first kappa shape index (κ1) is 14.3. The van der Waals surface area contributed by atoms with Crippen LogP contribution in [0.1, 0.15) is 12.5 Å². The molecular weight excluding hydrogens is 270 g/mol. The molecule has 0 aromatic heterocycles. The van der Waals surface area contributed by atoms with Crippen LogP contribution in [0.5, 0.6) is 11.5 Å². The predicted octanol–water partition coefficient (Wildman–Crippen LogP) is 3.49. The zero-order chi connectivity index (χ0) is 14.5. The van der Waals surface area contributed by atoms with Crippen LogP contribution in [-0.2, 0) is 6.42 Å². The van der Waals surface area contributed by atoms with Crippen molar-refractivity contribution in [3.8, 4) is 11.5 Å². The molecule has 0 heterocycles. The summed E-state index contributed by atoms with van der Waals surface area (Å²) >= 11 is 5.51. The normalized spacial score (nSPS) is 10.2. The van der Waals surface area contributed by atoms with E-state index in [2.05, 4.69) is 0 Å². The number of thiocarbonyl (C=S) groups is 1. The summed E-state index contributed by atoms with van der Waals surface area (Å²) in [7, 11) is 0. The number of rotatable bonds is 4. The van der Waals surface area contributed by atoms with E-state index in [0.717, 1.165) is 22.8 Å². The lowest BCUT2D eigenvalue weighted by Crippen LogP contribution is -2.30. The van der Waals surface area contributed by atoms with Gasteiger partial charge in [0.05, 0.1) is 4.99 Å². The Bertz CT molecular complexity index is 578. The second-order valence-electron chi connectivity index (χ2n) is 4.50. The van der Waals surface area contributed by atoms with Gasteiger partial charge in [-0.2, -0.15) is 0 Å². The fourth-order valence-corrected chi connectivity index (χ4v) is 2.42. The number of nitrogens with zero attached hydrogens (tertiary/aromatic N) is 1. The van der Waals surface area contributed by atoms with Gasteiger partial charge in [-0.15, -0.1) is 0 Å². The van der Waals surface area contributed by atoms with Gasteiger partial charge in [-0.25, -0.2) is 0 Å². The smallest absolute Gasteiger partial charge is 0.115 e. The van der Waals surface area contributed by atoms with E-state index in [0.29, 0.717) is 6.42 Å². The molecule has 0 radical (unpaired) electrons. The van der Waals surface area contributed by atoms with Gasteiger partial charge in [0.15, 0.2) is 0 Å². The van der Waals surface area contributed by atoms with Crippen LogP contribution in [0, 0.1) is 0 Å². The Hall–Kier alpha value is -2.07. The van der Waals surface area contributed by atoms with E-state index < -0.39 is 0 Å². The highest BCUT2D eigenvalue weighted by atomic mass is 32.1. The van der Waals surface area contributed by atoms with E-state index in [1.165, 1.54) is 0 Å². The Balaban J connectivity index is 2.13. The third kappa shape index (κ3) is 3.48. The van der Waals surface area contributed by atoms with E-state index in [9.17, 15) is 10.2 Å².